The third-order valence-electron chi connectivity index (χ3n) is 5.92. The molecule has 8 heteroatoms. The molecule has 2 saturated heterocycles. The summed E-state index contributed by atoms with van der Waals surface area (Å²) in [5.74, 6) is 1.25. The van der Waals surface area contributed by atoms with Crippen molar-refractivity contribution in [1.29, 1.82) is 0 Å². The van der Waals surface area contributed by atoms with Crippen molar-refractivity contribution in [1.82, 2.24) is 15.5 Å². The molecule has 7 nitrogen and oxygen atoms in total. The van der Waals surface area contributed by atoms with Crippen LogP contribution in [-0.2, 0) is 14.6 Å². The molecule has 1 aliphatic carbocycles. The summed E-state index contributed by atoms with van der Waals surface area (Å²) in [6.45, 7) is 7.17. The minimum atomic E-state index is -2.89. The van der Waals surface area contributed by atoms with Crippen molar-refractivity contribution >= 4 is 15.8 Å². The smallest absolute Gasteiger partial charge is 0.191 e. The van der Waals surface area contributed by atoms with Gasteiger partial charge in [0.1, 0.15) is 0 Å². The van der Waals surface area contributed by atoms with Crippen molar-refractivity contribution in [2.75, 3.05) is 50.9 Å². The number of morpholine rings is 1. The van der Waals surface area contributed by atoms with E-state index in [4.69, 9.17) is 9.73 Å². The topological polar surface area (TPSA) is 83.0 Å². The van der Waals surface area contributed by atoms with E-state index in [0.29, 0.717) is 6.42 Å². The van der Waals surface area contributed by atoms with Gasteiger partial charge in [-0.3, -0.25) is 9.89 Å². The monoisotopic (exact) mass is 386 g/mol. The van der Waals surface area contributed by atoms with Crippen LogP contribution in [0.25, 0.3) is 0 Å². The van der Waals surface area contributed by atoms with Gasteiger partial charge in [0.25, 0.3) is 0 Å². The van der Waals surface area contributed by atoms with Crippen LogP contribution < -0.4 is 10.6 Å². The number of hydrogen-bond donors (Lipinski definition) is 2. The van der Waals surface area contributed by atoms with Gasteiger partial charge < -0.3 is 15.4 Å². The lowest BCUT2D eigenvalue weighted by atomic mass is 9.80. The number of ether oxygens (including phenoxy) is 1. The molecule has 0 aromatic carbocycles. The molecule has 0 bridgehead atoms. The number of nitrogens with one attached hydrogen (secondary N) is 2. The van der Waals surface area contributed by atoms with Crippen LogP contribution in [0.5, 0.6) is 0 Å². The molecule has 26 heavy (non-hydrogen) atoms. The molecule has 0 spiro atoms. The average Bonchev–Trinajstić information content (AvgIpc) is 3.00. The second-order valence-electron chi connectivity index (χ2n) is 7.82. The van der Waals surface area contributed by atoms with Crippen LogP contribution in [0.2, 0.25) is 0 Å². The van der Waals surface area contributed by atoms with Crippen molar-refractivity contribution in [3.63, 3.8) is 0 Å². The zero-order valence-corrected chi connectivity index (χ0v) is 16.8. The largest absolute Gasteiger partial charge is 0.379 e. The summed E-state index contributed by atoms with van der Waals surface area (Å²) in [4.78, 5) is 7.50. The van der Waals surface area contributed by atoms with Gasteiger partial charge in [-0.1, -0.05) is 19.3 Å². The van der Waals surface area contributed by atoms with Gasteiger partial charge in [-0.25, -0.2) is 8.42 Å². The third kappa shape index (κ3) is 5.10. The lowest BCUT2D eigenvalue weighted by Crippen LogP contribution is -2.57. The molecule has 3 aliphatic rings. The Morgan fingerprint density at radius 3 is 2.58 bits per heavy atom. The van der Waals surface area contributed by atoms with Crippen molar-refractivity contribution in [2.24, 2.45) is 4.99 Å². The first-order valence-electron chi connectivity index (χ1n) is 10.1. The second kappa shape index (κ2) is 8.89. The van der Waals surface area contributed by atoms with Crippen LogP contribution >= 0.6 is 0 Å². The Morgan fingerprint density at radius 2 is 1.96 bits per heavy atom. The first-order valence-corrected chi connectivity index (χ1v) is 11.9. The molecule has 0 amide bonds. The molecular formula is C18H34N4O3S. The number of hydrogen-bond acceptors (Lipinski definition) is 5. The van der Waals surface area contributed by atoms with Crippen molar-refractivity contribution in [3.8, 4) is 0 Å². The minimum absolute atomic E-state index is 0.0245. The van der Waals surface area contributed by atoms with Crippen LogP contribution in [0.3, 0.4) is 0 Å². The highest BCUT2D eigenvalue weighted by Crippen LogP contribution is 2.34. The molecule has 1 atom stereocenters. The van der Waals surface area contributed by atoms with E-state index in [1.165, 1.54) is 32.1 Å². The molecule has 0 aromatic heterocycles. The number of aliphatic imine (C=N–C) groups is 1. The third-order valence-corrected chi connectivity index (χ3v) is 7.68. The predicted molar refractivity (Wildman–Crippen MR) is 104 cm³/mol. The van der Waals surface area contributed by atoms with E-state index in [1.807, 2.05) is 6.92 Å². The van der Waals surface area contributed by atoms with E-state index >= 15 is 0 Å². The lowest BCUT2D eigenvalue weighted by Gasteiger charge is -2.47. The summed E-state index contributed by atoms with van der Waals surface area (Å²) in [5.41, 5.74) is 0.131. The first kappa shape index (κ1) is 19.9. The van der Waals surface area contributed by atoms with E-state index in [0.717, 1.165) is 45.4 Å². The molecule has 3 fully saturated rings. The molecule has 2 heterocycles. The Balaban J connectivity index is 1.68. The summed E-state index contributed by atoms with van der Waals surface area (Å²) >= 11 is 0. The highest BCUT2D eigenvalue weighted by atomic mass is 32.2. The van der Waals surface area contributed by atoms with Gasteiger partial charge >= 0.3 is 0 Å². The molecule has 3 rings (SSSR count). The van der Waals surface area contributed by atoms with Crippen LogP contribution in [0, 0.1) is 0 Å². The van der Waals surface area contributed by atoms with E-state index in [1.54, 1.807) is 0 Å². The molecular weight excluding hydrogens is 352 g/mol. The Bertz CT molecular complexity index is 581. The summed E-state index contributed by atoms with van der Waals surface area (Å²) in [5, 5.41) is 6.65. The summed E-state index contributed by atoms with van der Waals surface area (Å²) in [7, 11) is -2.89. The average molecular weight is 387 g/mol. The van der Waals surface area contributed by atoms with Gasteiger partial charge in [0.2, 0.25) is 0 Å². The van der Waals surface area contributed by atoms with Crippen LogP contribution in [0.1, 0.15) is 45.4 Å². The Kier molecular flexibility index (Phi) is 6.80. The maximum absolute atomic E-state index is 11.7. The Morgan fingerprint density at radius 1 is 1.23 bits per heavy atom. The Hall–Kier alpha value is -0.860. The molecule has 2 N–H and O–H groups in total. The van der Waals surface area contributed by atoms with Gasteiger partial charge in [0.05, 0.1) is 31.3 Å². The highest BCUT2D eigenvalue weighted by molar-refractivity contribution is 7.91. The van der Waals surface area contributed by atoms with Gasteiger partial charge in [0, 0.05) is 31.2 Å². The normalized spacial score (nSPS) is 29.4. The van der Waals surface area contributed by atoms with E-state index in [-0.39, 0.29) is 23.1 Å². The SMILES string of the molecule is CCNC(=NCC1(N2CCOCC2)CCCCC1)NC1CCS(=O)(=O)C1. The van der Waals surface area contributed by atoms with Crippen LogP contribution in [-0.4, -0.2) is 81.8 Å². The maximum Gasteiger partial charge on any atom is 0.191 e. The minimum Gasteiger partial charge on any atom is -0.379 e. The zero-order valence-electron chi connectivity index (χ0n) is 16.0. The zero-order chi connectivity index (χ0) is 18.5. The molecule has 1 unspecified atom stereocenters. The van der Waals surface area contributed by atoms with Crippen LogP contribution in [0.4, 0.5) is 0 Å². The Labute approximate surface area is 157 Å². The molecule has 0 radical (unpaired) electrons. The molecule has 150 valence electrons. The van der Waals surface area contributed by atoms with Crippen molar-refractivity contribution in [2.45, 2.75) is 57.0 Å². The van der Waals surface area contributed by atoms with Crippen molar-refractivity contribution in [3.05, 3.63) is 0 Å². The van der Waals surface area contributed by atoms with Gasteiger partial charge in [-0.15, -0.1) is 0 Å². The van der Waals surface area contributed by atoms with Gasteiger partial charge in [0.15, 0.2) is 15.8 Å². The fraction of sp³-hybridized carbons (Fsp3) is 0.944. The van der Waals surface area contributed by atoms with E-state index in [9.17, 15) is 8.42 Å². The van der Waals surface area contributed by atoms with Crippen molar-refractivity contribution < 1.29 is 13.2 Å². The number of rotatable bonds is 5. The summed E-state index contributed by atoms with van der Waals surface area (Å²) < 4.78 is 29.0. The van der Waals surface area contributed by atoms with E-state index in [2.05, 4.69) is 15.5 Å². The highest BCUT2D eigenvalue weighted by Gasteiger charge is 2.38. The second-order valence-corrected chi connectivity index (χ2v) is 10.1. The standard InChI is InChI=1S/C18H34N4O3S/c1-2-19-17(21-16-6-13-26(23,24)14-16)20-15-18(7-4-3-5-8-18)22-9-11-25-12-10-22/h16H,2-15H2,1H3,(H2,19,20,21). The van der Waals surface area contributed by atoms with Gasteiger partial charge in [-0.05, 0) is 26.2 Å². The predicted octanol–water partition coefficient (Wildman–Crippen LogP) is 0.764. The summed E-state index contributed by atoms with van der Waals surface area (Å²) in [6.07, 6.45) is 6.88. The maximum atomic E-state index is 11.7. The number of guanidine groups is 1. The van der Waals surface area contributed by atoms with E-state index < -0.39 is 9.84 Å². The number of sulfone groups is 1. The fourth-order valence-electron chi connectivity index (χ4n) is 4.47. The quantitative estimate of drug-likeness (QED) is 0.536. The first-order chi connectivity index (χ1) is 12.5. The van der Waals surface area contributed by atoms with Gasteiger partial charge in [-0.2, -0.15) is 0 Å². The summed E-state index contributed by atoms with van der Waals surface area (Å²) in [6, 6.07) is -0.0245. The molecule has 1 saturated carbocycles. The lowest BCUT2D eigenvalue weighted by molar-refractivity contribution is -0.0333. The molecule has 0 aromatic rings. The number of nitrogens with zero attached hydrogens (tertiary/aromatic N) is 2. The fourth-order valence-corrected chi connectivity index (χ4v) is 6.14. The van der Waals surface area contributed by atoms with Crippen LogP contribution in [0.15, 0.2) is 4.99 Å². The molecule has 2 aliphatic heterocycles.